The van der Waals surface area contributed by atoms with E-state index in [-0.39, 0.29) is 11.6 Å². The Labute approximate surface area is 115 Å². The highest BCUT2D eigenvalue weighted by Crippen LogP contribution is 2.19. The fraction of sp³-hybridized carbons (Fsp3) is 0.250. The number of halogens is 1. The summed E-state index contributed by atoms with van der Waals surface area (Å²) in [6, 6.07) is 5.83. The average molecular weight is 282 g/mol. The monoisotopic (exact) mass is 281 g/mol. The molecule has 0 aliphatic carbocycles. The van der Waals surface area contributed by atoms with Crippen molar-refractivity contribution in [1.29, 1.82) is 5.26 Å². The summed E-state index contributed by atoms with van der Waals surface area (Å²) in [5.41, 5.74) is 0.733. The molecule has 0 saturated heterocycles. The molecule has 0 bridgehead atoms. The summed E-state index contributed by atoms with van der Waals surface area (Å²) >= 11 is 5.81. The molecule has 0 aliphatic rings. The van der Waals surface area contributed by atoms with E-state index in [0.717, 1.165) is 0 Å². The van der Waals surface area contributed by atoms with Crippen molar-refractivity contribution in [3.05, 3.63) is 28.8 Å². The number of carbonyl (C=O) groups excluding carboxylic acids is 1. The van der Waals surface area contributed by atoms with E-state index in [2.05, 4.69) is 10.6 Å². The minimum absolute atomic E-state index is 0.0190. The zero-order chi connectivity index (χ0) is 14.4. The normalized spacial score (nSPS) is 11.2. The number of carbonyl (C=O) groups is 2. The lowest BCUT2D eigenvalue weighted by atomic mass is 10.2. The average Bonchev–Trinajstić information content (AvgIpc) is 2.36. The zero-order valence-electron chi connectivity index (χ0n) is 10.1. The van der Waals surface area contributed by atoms with Gasteiger partial charge in [-0.25, -0.2) is 4.79 Å². The number of anilines is 1. The quantitative estimate of drug-likeness (QED) is 0.786. The number of nitrogens with zero attached hydrogens (tertiary/aromatic N) is 1. The van der Waals surface area contributed by atoms with E-state index in [4.69, 9.17) is 22.0 Å². The van der Waals surface area contributed by atoms with Crippen LogP contribution in [0, 0.1) is 17.2 Å². The molecule has 100 valence electrons. The third-order valence-electron chi connectivity index (χ3n) is 2.34. The van der Waals surface area contributed by atoms with Gasteiger partial charge in [-0.2, -0.15) is 5.26 Å². The van der Waals surface area contributed by atoms with Gasteiger partial charge in [0.2, 0.25) is 0 Å². The first-order chi connectivity index (χ1) is 8.93. The minimum atomic E-state index is -0.985. The Hall–Kier alpha value is -2.26. The summed E-state index contributed by atoms with van der Waals surface area (Å²) in [6.45, 7) is 1.51. The summed E-state index contributed by atoms with van der Waals surface area (Å²) in [4.78, 5) is 22.0. The second-order valence-electron chi connectivity index (χ2n) is 3.88. The Morgan fingerprint density at radius 2 is 2.21 bits per heavy atom. The van der Waals surface area contributed by atoms with Crippen LogP contribution in [0.4, 0.5) is 10.5 Å². The van der Waals surface area contributed by atoms with Crippen LogP contribution in [0.3, 0.4) is 0 Å². The van der Waals surface area contributed by atoms with Crippen LogP contribution in [0.15, 0.2) is 18.2 Å². The fourth-order valence-electron chi connectivity index (χ4n) is 1.19. The summed E-state index contributed by atoms with van der Waals surface area (Å²) in [5, 5.41) is 22.5. The lowest BCUT2D eigenvalue weighted by Crippen LogP contribution is -2.34. The number of rotatable bonds is 4. The van der Waals surface area contributed by atoms with Gasteiger partial charge in [0.05, 0.1) is 16.5 Å². The molecule has 1 aromatic rings. The predicted octanol–water partition coefficient (Wildman–Crippen LogP) is 2.05. The van der Waals surface area contributed by atoms with Crippen LogP contribution >= 0.6 is 11.6 Å². The number of amides is 2. The van der Waals surface area contributed by atoms with Crippen molar-refractivity contribution in [1.82, 2.24) is 5.32 Å². The molecule has 0 aliphatic heterocycles. The maximum absolute atomic E-state index is 11.5. The Morgan fingerprint density at radius 3 is 2.74 bits per heavy atom. The lowest BCUT2D eigenvalue weighted by molar-refractivity contribution is -0.140. The highest BCUT2D eigenvalue weighted by molar-refractivity contribution is 6.32. The molecule has 0 heterocycles. The van der Waals surface area contributed by atoms with Gasteiger partial charge < -0.3 is 15.7 Å². The van der Waals surface area contributed by atoms with Crippen molar-refractivity contribution < 1.29 is 14.7 Å². The first kappa shape index (κ1) is 14.8. The minimum Gasteiger partial charge on any atom is -0.481 e. The van der Waals surface area contributed by atoms with Gasteiger partial charge in [-0.05, 0) is 18.2 Å². The van der Waals surface area contributed by atoms with E-state index >= 15 is 0 Å². The molecule has 6 nitrogen and oxygen atoms in total. The Kier molecular flexibility index (Phi) is 5.15. The molecular formula is C12H12ClN3O3. The number of carboxylic acids is 1. The number of aliphatic carboxylic acids is 1. The van der Waals surface area contributed by atoms with Crippen molar-refractivity contribution in [2.45, 2.75) is 6.92 Å². The first-order valence-corrected chi connectivity index (χ1v) is 5.79. The molecule has 2 amide bonds. The molecule has 0 aromatic heterocycles. The third kappa shape index (κ3) is 4.48. The standard InChI is InChI=1S/C12H12ClN3O3/c1-7(11(17)18)6-15-12(19)16-9-3-2-8(5-14)10(13)4-9/h2-4,7H,6H2,1H3,(H,17,18)(H2,15,16,19). The molecule has 1 aromatic carbocycles. The summed E-state index contributed by atoms with van der Waals surface area (Å²) in [7, 11) is 0. The molecular weight excluding hydrogens is 270 g/mol. The Bertz CT molecular complexity index is 540. The van der Waals surface area contributed by atoms with Gasteiger partial charge in [-0.3, -0.25) is 4.79 Å². The van der Waals surface area contributed by atoms with Crippen LogP contribution in [-0.4, -0.2) is 23.7 Å². The van der Waals surface area contributed by atoms with Crippen LogP contribution in [-0.2, 0) is 4.79 Å². The SMILES string of the molecule is CC(CNC(=O)Nc1ccc(C#N)c(Cl)c1)C(=O)O. The van der Waals surface area contributed by atoms with Gasteiger partial charge in [-0.1, -0.05) is 18.5 Å². The van der Waals surface area contributed by atoms with Crippen LogP contribution in [0.5, 0.6) is 0 Å². The van der Waals surface area contributed by atoms with Crippen molar-refractivity contribution >= 4 is 29.3 Å². The molecule has 0 saturated carbocycles. The Balaban J connectivity index is 2.56. The molecule has 19 heavy (non-hydrogen) atoms. The van der Waals surface area contributed by atoms with Gasteiger partial charge in [0, 0.05) is 12.2 Å². The Morgan fingerprint density at radius 1 is 1.53 bits per heavy atom. The number of hydrogen-bond acceptors (Lipinski definition) is 3. The van der Waals surface area contributed by atoms with Crippen LogP contribution in [0.25, 0.3) is 0 Å². The van der Waals surface area contributed by atoms with Gasteiger partial charge in [0.15, 0.2) is 0 Å². The molecule has 7 heteroatoms. The molecule has 0 fully saturated rings. The van der Waals surface area contributed by atoms with Crippen molar-refractivity contribution in [3.63, 3.8) is 0 Å². The highest BCUT2D eigenvalue weighted by Gasteiger charge is 2.12. The van der Waals surface area contributed by atoms with E-state index in [1.54, 1.807) is 0 Å². The van der Waals surface area contributed by atoms with Crippen LogP contribution in [0.2, 0.25) is 5.02 Å². The largest absolute Gasteiger partial charge is 0.481 e. The lowest BCUT2D eigenvalue weighted by Gasteiger charge is -2.10. The number of nitrogens with one attached hydrogen (secondary N) is 2. The highest BCUT2D eigenvalue weighted by atomic mass is 35.5. The maximum atomic E-state index is 11.5. The van der Waals surface area contributed by atoms with Gasteiger partial charge in [-0.15, -0.1) is 0 Å². The second kappa shape index (κ2) is 6.61. The summed E-state index contributed by atoms with van der Waals surface area (Å²) in [6.07, 6.45) is 0. The summed E-state index contributed by atoms with van der Waals surface area (Å²) in [5.74, 6) is -1.66. The van der Waals surface area contributed by atoms with Crippen LogP contribution < -0.4 is 10.6 Å². The molecule has 1 unspecified atom stereocenters. The predicted molar refractivity (Wildman–Crippen MR) is 70.0 cm³/mol. The summed E-state index contributed by atoms with van der Waals surface area (Å²) < 4.78 is 0. The number of carboxylic acid groups (broad SMARTS) is 1. The van der Waals surface area contributed by atoms with E-state index in [0.29, 0.717) is 11.3 Å². The van der Waals surface area contributed by atoms with Gasteiger partial charge in [0.25, 0.3) is 0 Å². The molecule has 0 radical (unpaired) electrons. The number of benzene rings is 1. The molecule has 3 N–H and O–H groups in total. The van der Waals surface area contributed by atoms with E-state index in [9.17, 15) is 9.59 Å². The number of urea groups is 1. The smallest absolute Gasteiger partial charge is 0.319 e. The topological polar surface area (TPSA) is 102 Å². The van der Waals surface area contributed by atoms with Gasteiger partial charge >= 0.3 is 12.0 Å². The van der Waals surface area contributed by atoms with Crippen molar-refractivity contribution in [2.75, 3.05) is 11.9 Å². The third-order valence-corrected chi connectivity index (χ3v) is 2.65. The number of nitriles is 1. The maximum Gasteiger partial charge on any atom is 0.319 e. The number of hydrogen-bond donors (Lipinski definition) is 3. The van der Waals surface area contributed by atoms with Crippen molar-refractivity contribution in [3.8, 4) is 6.07 Å². The zero-order valence-corrected chi connectivity index (χ0v) is 10.9. The fourth-order valence-corrected chi connectivity index (χ4v) is 1.41. The molecule has 1 atom stereocenters. The van der Waals surface area contributed by atoms with E-state index < -0.39 is 17.9 Å². The van der Waals surface area contributed by atoms with E-state index in [1.165, 1.54) is 25.1 Å². The van der Waals surface area contributed by atoms with Crippen molar-refractivity contribution in [2.24, 2.45) is 5.92 Å². The van der Waals surface area contributed by atoms with Crippen LogP contribution in [0.1, 0.15) is 12.5 Å². The second-order valence-corrected chi connectivity index (χ2v) is 4.29. The van der Waals surface area contributed by atoms with Gasteiger partial charge in [0.1, 0.15) is 6.07 Å². The molecule has 1 rings (SSSR count). The first-order valence-electron chi connectivity index (χ1n) is 5.41. The molecule has 0 spiro atoms. The van der Waals surface area contributed by atoms with E-state index in [1.807, 2.05) is 6.07 Å².